The number of aliphatic hydroxyl groups excluding tert-OH is 2. The SMILES string of the molecule is Cc1c(C#CCN)cccc1C(=O)N(CCO)CCO. The first-order valence-electron chi connectivity index (χ1n) is 6.45. The highest BCUT2D eigenvalue weighted by molar-refractivity contribution is 5.96. The average Bonchev–Trinajstić information content (AvgIpc) is 2.45. The second-order valence-corrected chi connectivity index (χ2v) is 4.22. The Hall–Kier alpha value is -1.87. The largest absolute Gasteiger partial charge is 0.395 e. The van der Waals surface area contributed by atoms with Crippen molar-refractivity contribution in [2.75, 3.05) is 32.8 Å². The molecule has 1 amide bonds. The van der Waals surface area contributed by atoms with E-state index in [0.29, 0.717) is 5.56 Å². The third kappa shape index (κ3) is 4.07. The zero-order valence-electron chi connectivity index (χ0n) is 11.6. The molecule has 0 spiro atoms. The fraction of sp³-hybridized carbons (Fsp3) is 0.400. The minimum absolute atomic E-state index is 0.141. The summed E-state index contributed by atoms with van der Waals surface area (Å²) < 4.78 is 0. The molecule has 5 nitrogen and oxygen atoms in total. The quantitative estimate of drug-likeness (QED) is 0.646. The van der Waals surface area contributed by atoms with Gasteiger partial charge in [0.05, 0.1) is 19.8 Å². The Bertz CT molecular complexity index is 512. The second-order valence-electron chi connectivity index (χ2n) is 4.22. The fourth-order valence-corrected chi connectivity index (χ4v) is 1.88. The van der Waals surface area contributed by atoms with Crippen molar-refractivity contribution in [2.24, 2.45) is 5.73 Å². The number of amides is 1. The zero-order valence-corrected chi connectivity index (χ0v) is 11.6. The first-order valence-corrected chi connectivity index (χ1v) is 6.45. The van der Waals surface area contributed by atoms with Crippen molar-refractivity contribution in [3.8, 4) is 11.8 Å². The van der Waals surface area contributed by atoms with E-state index in [0.717, 1.165) is 11.1 Å². The van der Waals surface area contributed by atoms with Gasteiger partial charge < -0.3 is 20.8 Å². The molecule has 0 aliphatic rings. The van der Waals surface area contributed by atoms with Crippen molar-refractivity contribution in [2.45, 2.75) is 6.92 Å². The predicted octanol–water partition coefficient (Wildman–Crippen LogP) is -0.268. The molecule has 0 fully saturated rings. The van der Waals surface area contributed by atoms with Crippen LogP contribution >= 0.6 is 0 Å². The van der Waals surface area contributed by atoms with Crippen molar-refractivity contribution >= 4 is 5.91 Å². The summed E-state index contributed by atoms with van der Waals surface area (Å²) in [6.07, 6.45) is 0. The van der Waals surface area contributed by atoms with Crippen LogP contribution in [0.15, 0.2) is 18.2 Å². The fourth-order valence-electron chi connectivity index (χ4n) is 1.88. The maximum absolute atomic E-state index is 12.4. The van der Waals surface area contributed by atoms with E-state index in [1.807, 2.05) is 13.0 Å². The number of nitrogens with two attached hydrogens (primary N) is 1. The van der Waals surface area contributed by atoms with Gasteiger partial charge in [-0.1, -0.05) is 17.9 Å². The summed E-state index contributed by atoms with van der Waals surface area (Å²) in [5.74, 6) is 5.47. The molecular weight excluding hydrogens is 256 g/mol. The summed E-state index contributed by atoms with van der Waals surface area (Å²) in [4.78, 5) is 13.8. The molecule has 108 valence electrons. The van der Waals surface area contributed by atoms with E-state index in [2.05, 4.69) is 11.8 Å². The minimum atomic E-state index is -0.220. The van der Waals surface area contributed by atoms with Crippen LogP contribution in [0, 0.1) is 18.8 Å². The molecule has 5 heteroatoms. The minimum Gasteiger partial charge on any atom is -0.395 e. The summed E-state index contributed by atoms with van der Waals surface area (Å²) in [6, 6.07) is 5.31. The highest BCUT2D eigenvalue weighted by Gasteiger charge is 2.17. The number of nitrogens with zero attached hydrogens (tertiary/aromatic N) is 1. The van der Waals surface area contributed by atoms with Gasteiger partial charge in [-0.2, -0.15) is 0 Å². The van der Waals surface area contributed by atoms with Crippen LogP contribution in [0.4, 0.5) is 0 Å². The van der Waals surface area contributed by atoms with Gasteiger partial charge in [-0.15, -0.1) is 0 Å². The van der Waals surface area contributed by atoms with Crippen molar-refractivity contribution in [1.82, 2.24) is 4.90 Å². The third-order valence-corrected chi connectivity index (χ3v) is 2.92. The molecular formula is C15H20N2O3. The number of rotatable bonds is 5. The van der Waals surface area contributed by atoms with Gasteiger partial charge in [0, 0.05) is 24.2 Å². The van der Waals surface area contributed by atoms with Crippen LogP contribution in [0.1, 0.15) is 21.5 Å². The van der Waals surface area contributed by atoms with Gasteiger partial charge >= 0.3 is 0 Å². The lowest BCUT2D eigenvalue weighted by Crippen LogP contribution is -2.36. The molecule has 0 bridgehead atoms. The molecule has 0 saturated carbocycles. The van der Waals surface area contributed by atoms with E-state index in [9.17, 15) is 4.79 Å². The summed E-state index contributed by atoms with van der Waals surface area (Å²) in [5.41, 5.74) is 7.41. The first-order chi connectivity index (χ1) is 9.65. The van der Waals surface area contributed by atoms with E-state index in [-0.39, 0.29) is 38.8 Å². The van der Waals surface area contributed by atoms with E-state index in [1.54, 1.807) is 12.1 Å². The van der Waals surface area contributed by atoms with Crippen LogP contribution in [0.5, 0.6) is 0 Å². The number of carbonyl (C=O) groups excluding carboxylic acids is 1. The molecule has 0 aromatic heterocycles. The van der Waals surface area contributed by atoms with Crippen LogP contribution < -0.4 is 5.73 Å². The normalized spacial score (nSPS) is 9.80. The maximum atomic E-state index is 12.4. The lowest BCUT2D eigenvalue weighted by atomic mass is 10.0. The molecule has 1 aromatic rings. The van der Waals surface area contributed by atoms with Crippen molar-refractivity contribution in [3.63, 3.8) is 0 Å². The molecule has 1 rings (SSSR count). The van der Waals surface area contributed by atoms with Gasteiger partial charge in [-0.3, -0.25) is 4.79 Å². The number of hydrogen-bond donors (Lipinski definition) is 3. The molecule has 0 heterocycles. The molecule has 0 aliphatic heterocycles. The van der Waals surface area contributed by atoms with Gasteiger partial charge in [0.25, 0.3) is 5.91 Å². The highest BCUT2D eigenvalue weighted by atomic mass is 16.3. The first kappa shape index (κ1) is 16.2. The molecule has 0 aliphatic carbocycles. The summed E-state index contributed by atoms with van der Waals surface area (Å²) >= 11 is 0. The Morgan fingerprint density at radius 1 is 1.30 bits per heavy atom. The summed E-state index contributed by atoms with van der Waals surface area (Å²) in [6.45, 7) is 2.19. The van der Waals surface area contributed by atoms with E-state index in [4.69, 9.17) is 15.9 Å². The molecule has 0 saturated heterocycles. The van der Waals surface area contributed by atoms with E-state index in [1.165, 1.54) is 4.90 Å². The number of carbonyl (C=O) groups is 1. The Balaban J connectivity index is 3.08. The lowest BCUT2D eigenvalue weighted by molar-refractivity contribution is 0.0684. The van der Waals surface area contributed by atoms with Crippen LogP contribution in [-0.2, 0) is 0 Å². The number of benzene rings is 1. The number of aliphatic hydroxyl groups is 2. The van der Waals surface area contributed by atoms with Gasteiger partial charge in [0.1, 0.15) is 0 Å². The highest BCUT2D eigenvalue weighted by Crippen LogP contribution is 2.15. The Labute approximate surface area is 119 Å². The van der Waals surface area contributed by atoms with Crippen LogP contribution in [0.2, 0.25) is 0 Å². The van der Waals surface area contributed by atoms with E-state index >= 15 is 0 Å². The second kappa shape index (κ2) is 8.33. The van der Waals surface area contributed by atoms with Crippen molar-refractivity contribution < 1.29 is 15.0 Å². The molecule has 0 atom stereocenters. The standard InChI is InChI=1S/C15H20N2O3/c1-12-13(5-3-7-16)4-2-6-14(12)15(20)17(8-10-18)9-11-19/h2,4,6,18-19H,7-11,16H2,1H3. The predicted molar refractivity (Wildman–Crippen MR) is 77.2 cm³/mol. The molecule has 0 unspecified atom stereocenters. The Morgan fingerprint density at radius 2 is 1.95 bits per heavy atom. The smallest absolute Gasteiger partial charge is 0.254 e. The molecule has 20 heavy (non-hydrogen) atoms. The number of hydrogen-bond acceptors (Lipinski definition) is 4. The molecule has 1 aromatic carbocycles. The van der Waals surface area contributed by atoms with Crippen molar-refractivity contribution in [1.29, 1.82) is 0 Å². The topological polar surface area (TPSA) is 86.8 Å². The monoisotopic (exact) mass is 276 g/mol. The van der Waals surface area contributed by atoms with Gasteiger partial charge in [-0.05, 0) is 24.6 Å². The van der Waals surface area contributed by atoms with Gasteiger partial charge in [0.2, 0.25) is 0 Å². The van der Waals surface area contributed by atoms with Crippen LogP contribution in [-0.4, -0.2) is 53.9 Å². The average molecular weight is 276 g/mol. The zero-order chi connectivity index (χ0) is 15.0. The third-order valence-electron chi connectivity index (χ3n) is 2.92. The molecule has 4 N–H and O–H groups in total. The maximum Gasteiger partial charge on any atom is 0.254 e. The van der Waals surface area contributed by atoms with Crippen LogP contribution in [0.3, 0.4) is 0 Å². The lowest BCUT2D eigenvalue weighted by Gasteiger charge is -2.21. The summed E-state index contributed by atoms with van der Waals surface area (Å²) in [5, 5.41) is 18.0. The Kier molecular flexibility index (Phi) is 6.74. The van der Waals surface area contributed by atoms with Crippen molar-refractivity contribution in [3.05, 3.63) is 34.9 Å². The molecule has 0 radical (unpaired) electrons. The van der Waals surface area contributed by atoms with Gasteiger partial charge in [0.15, 0.2) is 0 Å². The van der Waals surface area contributed by atoms with Crippen LogP contribution in [0.25, 0.3) is 0 Å². The Morgan fingerprint density at radius 3 is 2.50 bits per heavy atom. The van der Waals surface area contributed by atoms with E-state index < -0.39 is 0 Å². The van der Waals surface area contributed by atoms with Gasteiger partial charge in [-0.25, -0.2) is 0 Å². The summed E-state index contributed by atoms with van der Waals surface area (Å²) in [7, 11) is 0.